The van der Waals surface area contributed by atoms with Crippen molar-refractivity contribution in [1.82, 2.24) is 9.29 Å². The second kappa shape index (κ2) is 9.37. The first-order valence-corrected chi connectivity index (χ1v) is 10.4. The molecule has 0 saturated carbocycles. The number of pyridine rings is 1. The van der Waals surface area contributed by atoms with Gasteiger partial charge in [0.15, 0.2) is 0 Å². The van der Waals surface area contributed by atoms with Crippen molar-refractivity contribution in [2.75, 3.05) is 38.7 Å². The second-order valence-electron chi connectivity index (χ2n) is 6.92. The van der Waals surface area contributed by atoms with Crippen molar-refractivity contribution >= 4 is 16.0 Å². The molecule has 164 valence electrons. The molecule has 0 radical (unpaired) electrons. The molecule has 12 heteroatoms. The van der Waals surface area contributed by atoms with Crippen LogP contribution in [0.4, 0.5) is 13.2 Å². The lowest BCUT2D eigenvalue weighted by Gasteiger charge is -2.26. The first-order valence-electron chi connectivity index (χ1n) is 8.82. The van der Waals surface area contributed by atoms with E-state index in [-0.39, 0.29) is 17.1 Å². The third-order valence-electron chi connectivity index (χ3n) is 4.87. The van der Waals surface area contributed by atoms with Crippen LogP contribution in [0.2, 0.25) is 0 Å². The highest BCUT2D eigenvalue weighted by Crippen LogP contribution is 2.42. The second-order valence-corrected chi connectivity index (χ2v) is 9.18. The highest BCUT2D eigenvalue weighted by Gasteiger charge is 2.53. The number of rotatable bonds is 6. The normalized spacial score (nSPS) is 24.6. The molecule has 0 aliphatic carbocycles. The van der Waals surface area contributed by atoms with Crippen LogP contribution in [0.3, 0.4) is 0 Å². The molecular formula is C17H23F3N2O6S. The molecule has 0 aromatic carbocycles. The Balaban J connectivity index is 0.000000370. The van der Waals surface area contributed by atoms with Crippen molar-refractivity contribution in [3.63, 3.8) is 0 Å². The van der Waals surface area contributed by atoms with Crippen LogP contribution in [-0.2, 0) is 30.9 Å². The van der Waals surface area contributed by atoms with Crippen LogP contribution in [0, 0.1) is 11.3 Å². The smallest absolute Gasteiger partial charge is 0.475 e. The van der Waals surface area contributed by atoms with Crippen molar-refractivity contribution in [1.29, 1.82) is 0 Å². The van der Waals surface area contributed by atoms with E-state index in [2.05, 4.69) is 4.98 Å². The van der Waals surface area contributed by atoms with Crippen LogP contribution in [0.25, 0.3) is 0 Å². The van der Waals surface area contributed by atoms with E-state index in [1.54, 1.807) is 23.6 Å². The monoisotopic (exact) mass is 440 g/mol. The number of ether oxygens (including phenoxy) is 2. The Morgan fingerprint density at radius 3 is 2.72 bits per heavy atom. The molecule has 1 aromatic heterocycles. The Labute approximate surface area is 166 Å². The molecule has 2 saturated heterocycles. The summed E-state index contributed by atoms with van der Waals surface area (Å²) in [5.41, 5.74) is 0.815. The van der Waals surface area contributed by atoms with Gasteiger partial charge in [-0.05, 0) is 18.6 Å². The molecule has 0 unspecified atom stereocenters. The Morgan fingerprint density at radius 2 is 2.17 bits per heavy atom. The Hall–Kier alpha value is -1.76. The van der Waals surface area contributed by atoms with E-state index in [1.165, 1.54) is 0 Å². The number of nitrogens with zero attached hydrogens (tertiary/aromatic N) is 2. The number of sulfonamides is 1. The van der Waals surface area contributed by atoms with Gasteiger partial charge < -0.3 is 14.6 Å². The van der Waals surface area contributed by atoms with Crippen molar-refractivity contribution < 1.29 is 41.0 Å². The van der Waals surface area contributed by atoms with E-state index in [0.29, 0.717) is 39.5 Å². The van der Waals surface area contributed by atoms with E-state index in [9.17, 15) is 21.6 Å². The van der Waals surface area contributed by atoms with Crippen molar-refractivity contribution in [3.05, 3.63) is 30.1 Å². The third kappa shape index (κ3) is 6.11. The Morgan fingerprint density at radius 1 is 1.48 bits per heavy atom. The molecule has 2 aliphatic heterocycles. The van der Waals surface area contributed by atoms with Crippen molar-refractivity contribution in [2.24, 2.45) is 11.3 Å². The van der Waals surface area contributed by atoms with Gasteiger partial charge in [0, 0.05) is 36.8 Å². The number of carboxylic acids is 1. The summed E-state index contributed by atoms with van der Waals surface area (Å²) >= 11 is 0. The Kier molecular flexibility index (Phi) is 7.60. The van der Waals surface area contributed by atoms with Crippen LogP contribution in [-0.4, -0.2) is 73.6 Å². The highest BCUT2D eigenvalue weighted by atomic mass is 32.2. The van der Waals surface area contributed by atoms with Gasteiger partial charge in [-0.15, -0.1) is 0 Å². The van der Waals surface area contributed by atoms with E-state index in [0.717, 1.165) is 5.56 Å². The lowest BCUT2D eigenvalue weighted by molar-refractivity contribution is -0.192. The van der Waals surface area contributed by atoms with Crippen LogP contribution in [0.5, 0.6) is 0 Å². The maximum atomic E-state index is 12.1. The molecule has 0 spiro atoms. The molecule has 2 fully saturated rings. The number of carboxylic acid groups (broad SMARTS) is 1. The van der Waals surface area contributed by atoms with Gasteiger partial charge in [0.25, 0.3) is 0 Å². The molecule has 0 bridgehead atoms. The van der Waals surface area contributed by atoms with Crippen LogP contribution in [0.15, 0.2) is 24.5 Å². The Bertz CT molecular complexity index is 790. The average Bonchev–Trinajstić information content (AvgIpc) is 3.20. The first-order chi connectivity index (χ1) is 13.5. The molecule has 3 rings (SSSR count). The maximum Gasteiger partial charge on any atom is 0.490 e. The van der Waals surface area contributed by atoms with Crippen molar-refractivity contribution in [2.45, 2.75) is 19.7 Å². The minimum absolute atomic E-state index is 0.146. The molecule has 1 aromatic rings. The minimum atomic E-state index is -5.08. The number of alkyl halides is 3. The standard InChI is InChI=1S/C15H22N2O4S.C2HF3O2/c1-2-22(18,19)17-7-14-9-21-12-15(14,10-17)11-20-8-13-4-3-5-16-6-13;3-2(4,5)1(6)7/h3-6,14H,2,7-12H2,1H3;(H,6,7)/t14-,15-;/m1./s1. The van der Waals surface area contributed by atoms with E-state index >= 15 is 0 Å². The number of hydrogen-bond acceptors (Lipinski definition) is 6. The fourth-order valence-electron chi connectivity index (χ4n) is 3.24. The van der Waals surface area contributed by atoms with Crippen molar-refractivity contribution in [3.8, 4) is 0 Å². The summed E-state index contributed by atoms with van der Waals surface area (Å²) in [6.45, 7) is 4.93. The molecule has 8 nitrogen and oxygen atoms in total. The molecule has 3 heterocycles. The molecule has 29 heavy (non-hydrogen) atoms. The topological polar surface area (TPSA) is 106 Å². The van der Waals surface area contributed by atoms with Gasteiger partial charge in [0.1, 0.15) is 0 Å². The van der Waals surface area contributed by atoms with Crippen LogP contribution in [0.1, 0.15) is 12.5 Å². The minimum Gasteiger partial charge on any atom is -0.475 e. The number of halogens is 3. The van der Waals surface area contributed by atoms with E-state index in [1.807, 2.05) is 12.1 Å². The quantitative estimate of drug-likeness (QED) is 0.715. The molecule has 0 amide bonds. The maximum absolute atomic E-state index is 12.1. The fourth-order valence-corrected chi connectivity index (χ4v) is 4.46. The molecule has 2 atom stereocenters. The number of aliphatic carboxylic acids is 1. The summed E-state index contributed by atoms with van der Waals surface area (Å²) in [5.74, 6) is -2.39. The van der Waals surface area contributed by atoms with Gasteiger partial charge in [0.2, 0.25) is 10.0 Å². The number of aromatic nitrogens is 1. The lowest BCUT2D eigenvalue weighted by Crippen LogP contribution is -2.37. The summed E-state index contributed by atoms with van der Waals surface area (Å²) in [4.78, 5) is 13.0. The zero-order valence-electron chi connectivity index (χ0n) is 15.8. The first kappa shape index (κ1) is 23.5. The lowest BCUT2D eigenvalue weighted by atomic mass is 9.82. The summed E-state index contributed by atoms with van der Waals surface area (Å²) in [7, 11) is -3.14. The summed E-state index contributed by atoms with van der Waals surface area (Å²) < 4.78 is 69.0. The predicted octanol–water partition coefficient (Wildman–Crippen LogP) is 1.53. The number of carbonyl (C=O) groups is 1. The van der Waals surface area contributed by atoms with Gasteiger partial charge in [-0.3, -0.25) is 4.98 Å². The molecule has 1 N–H and O–H groups in total. The van der Waals surface area contributed by atoms with Crippen LogP contribution >= 0.6 is 0 Å². The SMILES string of the molecule is CCS(=O)(=O)N1C[C@@H]2COC[C@]2(COCc2cccnc2)C1.O=C(O)C(F)(F)F. The summed E-state index contributed by atoms with van der Waals surface area (Å²) in [5, 5.41) is 7.12. The number of hydrogen-bond donors (Lipinski definition) is 1. The fraction of sp³-hybridized carbons (Fsp3) is 0.647. The zero-order valence-corrected chi connectivity index (χ0v) is 16.6. The summed E-state index contributed by atoms with van der Waals surface area (Å²) in [6.07, 6.45) is -1.57. The van der Waals surface area contributed by atoms with Gasteiger partial charge in [-0.25, -0.2) is 17.5 Å². The molecule has 2 aliphatic rings. The van der Waals surface area contributed by atoms with Gasteiger partial charge in [-0.1, -0.05) is 6.07 Å². The highest BCUT2D eigenvalue weighted by molar-refractivity contribution is 7.89. The van der Waals surface area contributed by atoms with E-state index in [4.69, 9.17) is 19.4 Å². The zero-order chi connectivity index (χ0) is 21.7. The van der Waals surface area contributed by atoms with Gasteiger partial charge in [-0.2, -0.15) is 13.2 Å². The third-order valence-corrected chi connectivity index (χ3v) is 6.67. The molecular weight excluding hydrogens is 417 g/mol. The van der Waals surface area contributed by atoms with Crippen LogP contribution < -0.4 is 0 Å². The van der Waals surface area contributed by atoms with E-state index < -0.39 is 22.2 Å². The van der Waals surface area contributed by atoms with Gasteiger partial charge >= 0.3 is 12.1 Å². The predicted molar refractivity (Wildman–Crippen MR) is 95.4 cm³/mol. The summed E-state index contributed by atoms with van der Waals surface area (Å²) in [6, 6.07) is 3.85. The number of fused-ring (bicyclic) bond motifs is 1. The largest absolute Gasteiger partial charge is 0.490 e. The average molecular weight is 440 g/mol. The van der Waals surface area contributed by atoms with Gasteiger partial charge in [0.05, 0.1) is 32.2 Å².